The number of rotatable bonds is 6. The standard InChI is InChI=1S/C17H18N2O2/c1-14(20)21-13-17(12-15-8-4-2-5-9-15)19-18-16-10-6-3-7-11-16/h2-11,17H,12-13H2,1H3. The second kappa shape index (κ2) is 7.94. The molecule has 2 aromatic carbocycles. The van der Waals surface area contributed by atoms with Gasteiger partial charge in [-0.15, -0.1) is 0 Å². The van der Waals surface area contributed by atoms with Crippen molar-refractivity contribution in [2.75, 3.05) is 6.61 Å². The lowest BCUT2D eigenvalue weighted by atomic mass is 10.1. The van der Waals surface area contributed by atoms with E-state index in [0.717, 1.165) is 11.3 Å². The summed E-state index contributed by atoms with van der Waals surface area (Å²) in [5, 5.41) is 8.52. The maximum absolute atomic E-state index is 11.0. The predicted molar refractivity (Wildman–Crippen MR) is 81.5 cm³/mol. The molecule has 0 heterocycles. The van der Waals surface area contributed by atoms with E-state index in [1.807, 2.05) is 60.7 Å². The number of nitrogens with zero attached hydrogens (tertiary/aromatic N) is 2. The highest BCUT2D eigenvalue weighted by molar-refractivity contribution is 5.65. The van der Waals surface area contributed by atoms with E-state index in [9.17, 15) is 4.79 Å². The SMILES string of the molecule is CC(=O)OCC(Cc1ccccc1)N=Nc1ccccc1. The molecule has 0 aliphatic carbocycles. The minimum absolute atomic E-state index is 0.184. The van der Waals surface area contributed by atoms with Crippen molar-refractivity contribution in [2.24, 2.45) is 10.2 Å². The number of hydrogen-bond acceptors (Lipinski definition) is 4. The Morgan fingerprint density at radius 3 is 2.29 bits per heavy atom. The fourth-order valence-electron chi connectivity index (χ4n) is 1.88. The van der Waals surface area contributed by atoms with Gasteiger partial charge in [-0.2, -0.15) is 10.2 Å². The zero-order valence-corrected chi connectivity index (χ0v) is 12.0. The van der Waals surface area contributed by atoms with Gasteiger partial charge >= 0.3 is 5.97 Å². The van der Waals surface area contributed by atoms with Crippen LogP contribution in [0.15, 0.2) is 70.9 Å². The third-order valence-corrected chi connectivity index (χ3v) is 2.89. The molecule has 0 radical (unpaired) electrons. The van der Waals surface area contributed by atoms with Crippen molar-refractivity contribution in [1.29, 1.82) is 0 Å². The Kier molecular flexibility index (Phi) is 5.64. The smallest absolute Gasteiger partial charge is 0.302 e. The quantitative estimate of drug-likeness (QED) is 0.595. The lowest BCUT2D eigenvalue weighted by Gasteiger charge is -2.11. The van der Waals surface area contributed by atoms with Crippen LogP contribution in [0.2, 0.25) is 0 Å². The molecule has 0 bridgehead atoms. The van der Waals surface area contributed by atoms with Crippen LogP contribution >= 0.6 is 0 Å². The van der Waals surface area contributed by atoms with E-state index in [0.29, 0.717) is 6.42 Å². The Balaban J connectivity index is 2.04. The highest BCUT2D eigenvalue weighted by Crippen LogP contribution is 2.13. The predicted octanol–water partition coefficient (Wildman–Crippen LogP) is 3.94. The zero-order chi connectivity index (χ0) is 14.9. The summed E-state index contributed by atoms with van der Waals surface area (Å²) in [4.78, 5) is 11.0. The van der Waals surface area contributed by atoms with Crippen molar-refractivity contribution in [2.45, 2.75) is 19.4 Å². The minimum atomic E-state index is -0.303. The molecule has 0 N–H and O–H groups in total. The summed E-state index contributed by atoms with van der Waals surface area (Å²) in [5.41, 5.74) is 1.93. The topological polar surface area (TPSA) is 51.0 Å². The second-order valence-electron chi connectivity index (χ2n) is 4.70. The van der Waals surface area contributed by atoms with Gasteiger partial charge in [0.05, 0.1) is 5.69 Å². The molecule has 0 saturated carbocycles. The molecule has 108 valence electrons. The summed E-state index contributed by atoms with van der Waals surface area (Å²) in [6, 6.07) is 19.3. The highest BCUT2D eigenvalue weighted by atomic mass is 16.5. The average Bonchev–Trinajstić information content (AvgIpc) is 2.52. The summed E-state index contributed by atoms with van der Waals surface area (Å²) in [7, 11) is 0. The van der Waals surface area contributed by atoms with Gasteiger partial charge in [-0.25, -0.2) is 0 Å². The van der Waals surface area contributed by atoms with Crippen molar-refractivity contribution >= 4 is 11.7 Å². The van der Waals surface area contributed by atoms with Gasteiger partial charge in [-0.1, -0.05) is 48.5 Å². The molecule has 0 amide bonds. The number of benzene rings is 2. The van der Waals surface area contributed by atoms with Gasteiger partial charge in [0.25, 0.3) is 0 Å². The Morgan fingerprint density at radius 2 is 1.67 bits per heavy atom. The molecule has 0 spiro atoms. The van der Waals surface area contributed by atoms with Crippen molar-refractivity contribution in [3.05, 3.63) is 66.2 Å². The van der Waals surface area contributed by atoms with E-state index in [1.165, 1.54) is 6.92 Å². The first-order valence-electron chi connectivity index (χ1n) is 6.87. The highest BCUT2D eigenvalue weighted by Gasteiger charge is 2.10. The minimum Gasteiger partial charge on any atom is -0.464 e. The maximum atomic E-state index is 11.0. The molecule has 0 aliphatic rings. The fraction of sp³-hybridized carbons (Fsp3) is 0.235. The number of esters is 1. The molecule has 4 heteroatoms. The molecule has 1 atom stereocenters. The molecule has 2 rings (SSSR count). The first-order valence-corrected chi connectivity index (χ1v) is 6.87. The van der Waals surface area contributed by atoms with Gasteiger partial charge in [0.15, 0.2) is 0 Å². The molecule has 1 unspecified atom stereocenters. The third kappa shape index (κ3) is 5.57. The number of hydrogen-bond donors (Lipinski definition) is 0. The Labute approximate surface area is 124 Å². The molecule has 0 aliphatic heterocycles. The van der Waals surface area contributed by atoms with Crippen molar-refractivity contribution in [3.8, 4) is 0 Å². The summed E-state index contributed by atoms with van der Waals surface area (Å²) < 4.78 is 5.07. The third-order valence-electron chi connectivity index (χ3n) is 2.89. The normalized spacial score (nSPS) is 12.2. The largest absolute Gasteiger partial charge is 0.464 e. The lowest BCUT2D eigenvalue weighted by molar-refractivity contribution is -0.141. The Bertz CT molecular complexity index is 582. The first kappa shape index (κ1) is 14.9. The van der Waals surface area contributed by atoms with Crippen molar-refractivity contribution in [3.63, 3.8) is 0 Å². The van der Waals surface area contributed by atoms with Gasteiger partial charge in [0.2, 0.25) is 0 Å². The van der Waals surface area contributed by atoms with Gasteiger partial charge in [0.1, 0.15) is 12.6 Å². The zero-order valence-electron chi connectivity index (χ0n) is 12.0. The number of ether oxygens (including phenoxy) is 1. The Morgan fingerprint density at radius 1 is 1.05 bits per heavy atom. The number of azo groups is 1. The van der Waals surface area contributed by atoms with Crippen molar-refractivity contribution < 1.29 is 9.53 Å². The van der Waals surface area contributed by atoms with Crippen molar-refractivity contribution in [1.82, 2.24) is 0 Å². The van der Waals surface area contributed by atoms with E-state index in [1.54, 1.807) is 0 Å². The van der Waals surface area contributed by atoms with Crippen LogP contribution in [-0.4, -0.2) is 18.6 Å². The number of carbonyl (C=O) groups is 1. The molecule has 0 aromatic heterocycles. The van der Waals surface area contributed by atoms with E-state index in [4.69, 9.17) is 4.74 Å². The first-order chi connectivity index (χ1) is 10.2. The molecule has 21 heavy (non-hydrogen) atoms. The molecule has 4 nitrogen and oxygen atoms in total. The van der Waals surface area contributed by atoms with E-state index in [2.05, 4.69) is 10.2 Å². The number of carbonyl (C=O) groups excluding carboxylic acids is 1. The van der Waals surface area contributed by atoms with E-state index >= 15 is 0 Å². The molecule has 0 fully saturated rings. The molecule has 2 aromatic rings. The van der Waals surface area contributed by atoms with Crippen LogP contribution in [0.1, 0.15) is 12.5 Å². The summed E-state index contributed by atoms with van der Waals surface area (Å²) in [6.45, 7) is 1.63. The van der Waals surface area contributed by atoms with Gasteiger partial charge in [0, 0.05) is 6.92 Å². The van der Waals surface area contributed by atoms with E-state index in [-0.39, 0.29) is 18.6 Å². The Hall–Kier alpha value is -2.49. The van der Waals surface area contributed by atoms with Crippen LogP contribution in [0.4, 0.5) is 5.69 Å². The van der Waals surface area contributed by atoms with Crippen LogP contribution in [-0.2, 0) is 16.0 Å². The lowest BCUT2D eigenvalue weighted by Crippen LogP contribution is -2.18. The van der Waals surface area contributed by atoms with Gasteiger partial charge in [-0.3, -0.25) is 4.79 Å². The van der Waals surface area contributed by atoms with Crippen LogP contribution in [0.25, 0.3) is 0 Å². The van der Waals surface area contributed by atoms with Crippen LogP contribution in [0.3, 0.4) is 0 Å². The van der Waals surface area contributed by atoms with E-state index < -0.39 is 0 Å². The summed E-state index contributed by atoms with van der Waals surface area (Å²) in [5.74, 6) is -0.303. The van der Waals surface area contributed by atoms with Gasteiger partial charge < -0.3 is 4.74 Å². The molecular weight excluding hydrogens is 264 g/mol. The monoisotopic (exact) mass is 282 g/mol. The van der Waals surface area contributed by atoms with Gasteiger partial charge in [-0.05, 0) is 24.1 Å². The molecular formula is C17H18N2O2. The summed E-state index contributed by atoms with van der Waals surface area (Å²) in [6.07, 6.45) is 0.685. The maximum Gasteiger partial charge on any atom is 0.302 e. The molecule has 0 saturated heterocycles. The fourth-order valence-corrected chi connectivity index (χ4v) is 1.88. The second-order valence-corrected chi connectivity index (χ2v) is 4.70. The van der Waals surface area contributed by atoms with Crippen LogP contribution in [0.5, 0.6) is 0 Å². The van der Waals surface area contributed by atoms with Crippen LogP contribution < -0.4 is 0 Å². The summed E-state index contributed by atoms with van der Waals surface area (Å²) >= 11 is 0. The van der Waals surface area contributed by atoms with Crippen LogP contribution in [0, 0.1) is 0 Å². The average molecular weight is 282 g/mol.